The second-order valence-electron chi connectivity index (χ2n) is 5.24. The Balaban J connectivity index is 2.75. The Hall–Kier alpha value is -0.870. The van der Waals surface area contributed by atoms with Gasteiger partial charge < -0.3 is 5.32 Å². The highest BCUT2D eigenvalue weighted by molar-refractivity contribution is 7.92. The molecule has 0 radical (unpaired) electrons. The van der Waals surface area contributed by atoms with E-state index in [2.05, 4.69) is 17.4 Å². The van der Waals surface area contributed by atoms with Crippen molar-refractivity contribution in [1.82, 2.24) is 5.32 Å². The van der Waals surface area contributed by atoms with Gasteiger partial charge in [0.2, 0.25) is 0 Å². The predicted molar refractivity (Wildman–Crippen MR) is 76.5 cm³/mol. The van der Waals surface area contributed by atoms with Gasteiger partial charge in [-0.05, 0) is 39.3 Å². The van der Waals surface area contributed by atoms with Gasteiger partial charge >= 0.3 is 0 Å². The maximum atomic E-state index is 11.8. The van der Waals surface area contributed by atoms with Crippen LogP contribution in [0.1, 0.15) is 25.8 Å². The molecule has 0 saturated heterocycles. The summed E-state index contributed by atoms with van der Waals surface area (Å²) in [6.07, 6.45) is 2.99. The third-order valence-corrected chi connectivity index (χ3v) is 5.90. The van der Waals surface area contributed by atoms with Gasteiger partial charge in [0.05, 0.1) is 4.75 Å². The summed E-state index contributed by atoms with van der Waals surface area (Å²) in [6, 6.07) is 10.1. The molecule has 1 N–H and O–H groups in total. The standard InChI is InChI=1S/C14H23NO2S/c1-14(2,18(4,16)17)13(15-3)11-10-12-8-6-5-7-9-12/h5-9,13,15H,10-11H2,1-4H3. The lowest BCUT2D eigenvalue weighted by molar-refractivity contribution is 0.411. The first-order valence-electron chi connectivity index (χ1n) is 6.20. The minimum atomic E-state index is -3.08. The highest BCUT2D eigenvalue weighted by atomic mass is 32.2. The van der Waals surface area contributed by atoms with Crippen molar-refractivity contribution >= 4 is 9.84 Å². The van der Waals surface area contributed by atoms with E-state index in [1.807, 2.05) is 25.2 Å². The van der Waals surface area contributed by atoms with Crippen molar-refractivity contribution in [2.24, 2.45) is 0 Å². The van der Waals surface area contributed by atoms with Crippen LogP contribution in [-0.2, 0) is 16.3 Å². The van der Waals surface area contributed by atoms with Gasteiger partial charge in [-0.3, -0.25) is 0 Å². The van der Waals surface area contributed by atoms with Crippen molar-refractivity contribution < 1.29 is 8.42 Å². The summed E-state index contributed by atoms with van der Waals surface area (Å²) < 4.78 is 22.9. The zero-order valence-corrected chi connectivity index (χ0v) is 12.4. The molecule has 0 aromatic heterocycles. The second kappa shape index (κ2) is 5.85. The van der Waals surface area contributed by atoms with E-state index in [4.69, 9.17) is 0 Å². The number of sulfone groups is 1. The second-order valence-corrected chi connectivity index (χ2v) is 7.84. The van der Waals surface area contributed by atoms with Crippen molar-refractivity contribution in [3.8, 4) is 0 Å². The van der Waals surface area contributed by atoms with Crippen LogP contribution in [0.5, 0.6) is 0 Å². The molecule has 1 aromatic rings. The average molecular weight is 269 g/mol. The molecule has 1 rings (SSSR count). The summed E-state index contributed by atoms with van der Waals surface area (Å²) in [6.45, 7) is 3.57. The molecule has 0 aliphatic carbocycles. The fourth-order valence-electron chi connectivity index (χ4n) is 2.05. The Morgan fingerprint density at radius 2 is 1.78 bits per heavy atom. The minimum Gasteiger partial charge on any atom is -0.315 e. The third kappa shape index (κ3) is 3.56. The van der Waals surface area contributed by atoms with E-state index in [0.29, 0.717) is 0 Å². The molecule has 0 heterocycles. The van der Waals surface area contributed by atoms with E-state index in [1.54, 1.807) is 13.8 Å². The van der Waals surface area contributed by atoms with Gasteiger partial charge in [-0.25, -0.2) is 8.42 Å². The largest absolute Gasteiger partial charge is 0.315 e. The number of aryl methyl sites for hydroxylation is 1. The van der Waals surface area contributed by atoms with Crippen molar-refractivity contribution in [1.29, 1.82) is 0 Å². The Morgan fingerprint density at radius 3 is 2.22 bits per heavy atom. The van der Waals surface area contributed by atoms with Crippen molar-refractivity contribution in [3.05, 3.63) is 35.9 Å². The van der Waals surface area contributed by atoms with Crippen molar-refractivity contribution in [3.63, 3.8) is 0 Å². The van der Waals surface area contributed by atoms with Crippen LogP contribution in [0.25, 0.3) is 0 Å². The first-order valence-corrected chi connectivity index (χ1v) is 8.09. The number of hydrogen-bond acceptors (Lipinski definition) is 3. The van der Waals surface area contributed by atoms with Crippen LogP contribution in [-0.4, -0.2) is 32.5 Å². The normalized spacial score (nSPS) is 14.4. The molecule has 0 amide bonds. The molecule has 0 bridgehead atoms. The molecule has 3 nitrogen and oxygen atoms in total. The smallest absolute Gasteiger partial charge is 0.154 e. The van der Waals surface area contributed by atoms with Gasteiger partial charge in [0.1, 0.15) is 0 Å². The summed E-state index contributed by atoms with van der Waals surface area (Å²) >= 11 is 0. The van der Waals surface area contributed by atoms with Gasteiger partial charge in [-0.1, -0.05) is 30.3 Å². The highest BCUT2D eigenvalue weighted by Crippen LogP contribution is 2.23. The average Bonchev–Trinajstić information content (AvgIpc) is 2.29. The topological polar surface area (TPSA) is 46.2 Å². The third-order valence-electron chi connectivity index (χ3n) is 3.71. The molecule has 1 unspecified atom stereocenters. The van der Waals surface area contributed by atoms with Crippen LogP contribution in [0, 0.1) is 0 Å². The summed E-state index contributed by atoms with van der Waals surface area (Å²) in [5, 5.41) is 3.14. The molecule has 18 heavy (non-hydrogen) atoms. The molecule has 4 heteroatoms. The molecule has 0 saturated carbocycles. The van der Waals surface area contributed by atoms with Crippen LogP contribution in [0.15, 0.2) is 30.3 Å². The monoisotopic (exact) mass is 269 g/mol. The molecule has 1 aromatic carbocycles. The van der Waals surface area contributed by atoms with E-state index >= 15 is 0 Å². The van der Waals surface area contributed by atoms with Gasteiger partial charge in [-0.2, -0.15) is 0 Å². The first kappa shape index (κ1) is 15.2. The summed E-state index contributed by atoms with van der Waals surface area (Å²) in [5.41, 5.74) is 1.24. The van der Waals surface area contributed by atoms with Gasteiger partial charge in [0.15, 0.2) is 9.84 Å². The number of benzene rings is 1. The van der Waals surface area contributed by atoms with Crippen molar-refractivity contribution in [2.75, 3.05) is 13.3 Å². The maximum Gasteiger partial charge on any atom is 0.154 e. The number of rotatable bonds is 6. The molecule has 0 fully saturated rings. The predicted octanol–water partition coefficient (Wildman–Crippen LogP) is 2.03. The van der Waals surface area contributed by atoms with Crippen molar-refractivity contribution in [2.45, 2.75) is 37.5 Å². The van der Waals surface area contributed by atoms with E-state index in [1.165, 1.54) is 11.8 Å². The zero-order chi connectivity index (χ0) is 13.8. The molecule has 0 aliphatic rings. The molecular formula is C14H23NO2S. The summed E-state index contributed by atoms with van der Waals surface area (Å²) in [5.74, 6) is 0. The Bertz CT molecular complexity index is 466. The van der Waals surface area contributed by atoms with E-state index < -0.39 is 14.6 Å². The van der Waals surface area contributed by atoms with Gasteiger partial charge in [0.25, 0.3) is 0 Å². The van der Waals surface area contributed by atoms with Gasteiger partial charge in [-0.15, -0.1) is 0 Å². The number of nitrogens with one attached hydrogen (secondary N) is 1. The highest BCUT2D eigenvalue weighted by Gasteiger charge is 2.37. The molecular weight excluding hydrogens is 246 g/mol. The Kier molecular flexibility index (Phi) is 4.93. The molecule has 102 valence electrons. The lowest BCUT2D eigenvalue weighted by Gasteiger charge is -2.32. The fraction of sp³-hybridized carbons (Fsp3) is 0.571. The minimum absolute atomic E-state index is 0.0484. The lowest BCUT2D eigenvalue weighted by Crippen LogP contribution is -2.50. The lowest BCUT2D eigenvalue weighted by atomic mass is 9.96. The Labute approximate surface area is 111 Å². The molecule has 0 spiro atoms. The maximum absolute atomic E-state index is 11.8. The molecule has 0 aliphatic heterocycles. The van der Waals surface area contributed by atoms with Crippen LogP contribution in [0.2, 0.25) is 0 Å². The summed E-state index contributed by atoms with van der Waals surface area (Å²) in [4.78, 5) is 0. The van der Waals surface area contributed by atoms with Crippen LogP contribution < -0.4 is 5.32 Å². The van der Waals surface area contributed by atoms with E-state index in [9.17, 15) is 8.42 Å². The zero-order valence-electron chi connectivity index (χ0n) is 11.6. The fourth-order valence-corrected chi connectivity index (χ4v) is 2.81. The van der Waals surface area contributed by atoms with Gasteiger partial charge in [0, 0.05) is 12.3 Å². The van der Waals surface area contributed by atoms with E-state index in [0.717, 1.165) is 12.8 Å². The quantitative estimate of drug-likeness (QED) is 0.859. The molecule has 1 atom stereocenters. The number of hydrogen-bond donors (Lipinski definition) is 1. The Morgan fingerprint density at radius 1 is 1.22 bits per heavy atom. The van der Waals surface area contributed by atoms with Crippen LogP contribution in [0.4, 0.5) is 0 Å². The van der Waals surface area contributed by atoms with E-state index in [-0.39, 0.29) is 6.04 Å². The van der Waals surface area contributed by atoms with Crippen LogP contribution >= 0.6 is 0 Å². The van der Waals surface area contributed by atoms with Crippen LogP contribution in [0.3, 0.4) is 0 Å². The first-order chi connectivity index (χ1) is 8.29. The SMILES string of the molecule is CNC(CCc1ccccc1)C(C)(C)S(C)(=O)=O. The summed E-state index contributed by atoms with van der Waals surface area (Å²) in [7, 11) is -1.26.